The molecule has 0 atom stereocenters. The molecule has 0 saturated carbocycles. The third-order valence-electron chi connectivity index (χ3n) is 6.65. The number of pyridine rings is 1. The van der Waals surface area contributed by atoms with Crippen LogP contribution in [-0.2, 0) is 20.1 Å². The zero-order valence-electron chi connectivity index (χ0n) is 21.9. The van der Waals surface area contributed by atoms with Gasteiger partial charge in [-0.3, -0.25) is 4.98 Å². The van der Waals surface area contributed by atoms with Crippen LogP contribution in [0.4, 0.5) is 4.39 Å². The van der Waals surface area contributed by atoms with Gasteiger partial charge in [-0.05, 0) is 36.0 Å². The molecule has 42 heavy (non-hydrogen) atoms. The van der Waals surface area contributed by atoms with Crippen LogP contribution in [0, 0.1) is 17.9 Å². The predicted molar refractivity (Wildman–Crippen MR) is 157 cm³/mol. The third kappa shape index (κ3) is 5.09. The Morgan fingerprint density at radius 3 is 2.40 bits per heavy atom. The van der Waals surface area contributed by atoms with Gasteiger partial charge in [0.15, 0.2) is 0 Å². The van der Waals surface area contributed by atoms with Gasteiger partial charge < -0.3 is 14.0 Å². The van der Waals surface area contributed by atoms with E-state index in [1.807, 2.05) is 89.5 Å². The molecule has 0 N–H and O–H groups in total. The molecule has 6 nitrogen and oxygen atoms in total. The summed E-state index contributed by atoms with van der Waals surface area (Å²) in [7, 11) is 0. The smallest absolute Gasteiger partial charge is 0.126 e. The second kappa shape index (κ2) is 11.8. The maximum Gasteiger partial charge on any atom is 0.126 e. The Bertz CT molecular complexity index is 2080. The van der Waals surface area contributed by atoms with E-state index in [0.717, 1.165) is 33.2 Å². The van der Waals surface area contributed by atoms with E-state index in [2.05, 4.69) is 27.3 Å². The van der Waals surface area contributed by atoms with Crippen molar-refractivity contribution in [2.75, 3.05) is 0 Å². The fourth-order valence-electron chi connectivity index (χ4n) is 4.81. The first kappa shape index (κ1) is 27.1. The molecule has 0 aliphatic rings. The number of para-hydroxylation sites is 1. The largest absolute Gasteiger partial charge is 0.500 e. The average Bonchev–Trinajstić information content (AvgIpc) is 3.61. The molecule has 4 heterocycles. The Hall–Kier alpha value is -5.04. The minimum absolute atomic E-state index is 0. The fraction of sp³-hybridized carbons (Fsp3) is 0. The van der Waals surface area contributed by atoms with Crippen molar-refractivity contribution in [1.82, 2.24) is 24.7 Å². The minimum atomic E-state index is -0.337. The first-order chi connectivity index (χ1) is 20.3. The fourth-order valence-corrected chi connectivity index (χ4v) is 4.81. The molecule has 1 radical (unpaired) electrons. The normalized spacial score (nSPS) is 10.8. The Labute approximate surface area is 253 Å². The van der Waals surface area contributed by atoms with Crippen molar-refractivity contribution in [2.24, 2.45) is 0 Å². The Kier molecular flexibility index (Phi) is 7.64. The molecule has 0 bridgehead atoms. The number of benzene rings is 4. The number of halogens is 1. The van der Waals surface area contributed by atoms with Crippen molar-refractivity contribution < 1.29 is 28.9 Å². The molecular formula is C34H20FIrN5O-2. The summed E-state index contributed by atoms with van der Waals surface area (Å²) in [5, 5.41) is 9.72. The van der Waals surface area contributed by atoms with E-state index in [1.165, 1.54) is 12.1 Å². The summed E-state index contributed by atoms with van der Waals surface area (Å²) in [6, 6.07) is 38.3. The molecule has 0 amide bonds. The zero-order chi connectivity index (χ0) is 27.6. The first-order valence-corrected chi connectivity index (χ1v) is 12.9. The third-order valence-corrected chi connectivity index (χ3v) is 6.65. The van der Waals surface area contributed by atoms with Crippen LogP contribution in [0.25, 0.3) is 61.3 Å². The van der Waals surface area contributed by atoms with E-state index in [0.29, 0.717) is 28.1 Å². The van der Waals surface area contributed by atoms with Crippen LogP contribution in [0.3, 0.4) is 0 Å². The van der Waals surface area contributed by atoms with Crippen molar-refractivity contribution in [1.29, 1.82) is 0 Å². The van der Waals surface area contributed by atoms with Gasteiger partial charge in [-0.25, -0.2) is 4.39 Å². The number of hydrogen-bond acceptors (Lipinski definition) is 5. The van der Waals surface area contributed by atoms with Crippen molar-refractivity contribution in [3.05, 3.63) is 140 Å². The number of hydrogen-bond donors (Lipinski definition) is 0. The molecule has 0 aliphatic heterocycles. The van der Waals surface area contributed by atoms with E-state index in [4.69, 9.17) is 9.40 Å². The molecule has 4 aromatic heterocycles. The first-order valence-electron chi connectivity index (χ1n) is 12.9. The van der Waals surface area contributed by atoms with Crippen molar-refractivity contribution in [2.45, 2.75) is 0 Å². The van der Waals surface area contributed by atoms with Crippen LogP contribution < -0.4 is 0 Å². The van der Waals surface area contributed by atoms with Crippen LogP contribution >= 0.6 is 0 Å². The Balaban J connectivity index is 0.000000205. The Morgan fingerprint density at radius 1 is 0.762 bits per heavy atom. The molecule has 4 aromatic carbocycles. The summed E-state index contributed by atoms with van der Waals surface area (Å²) in [6.07, 6.45) is 5.11. The average molecular weight is 726 g/mol. The summed E-state index contributed by atoms with van der Waals surface area (Å²) in [5.74, 6) is 0.321. The Morgan fingerprint density at radius 2 is 1.60 bits per heavy atom. The number of nitrogens with zero attached hydrogens (tertiary/aromatic N) is 5. The maximum atomic E-state index is 13.7. The molecular weight excluding hydrogens is 706 g/mol. The minimum Gasteiger partial charge on any atom is -0.500 e. The predicted octanol–water partition coefficient (Wildman–Crippen LogP) is 7.87. The van der Waals surface area contributed by atoms with Gasteiger partial charge in [0.25, 0.3) is 0 Å². The van der Waals surface area contributed by atoms with E-state index in [-0.39, 0.29) is 25.9 Å². The van der Waals surface area contributed by atoms with Gasteiger partial charge in [0, 0.05) is 43.4 Å². The van der Waals surface area contributed by atoms with E-state index < -0.39 is 0 Å². The van der Waals surface area contributed by atoms with Gasteiger partial charge >= 0.3 is 0 Å². The van der Waals surface area contributed by atoms with Gasteiger partial charge in [-0.1, -0.05) is 41.3 Å². The van der Waals surface area contributed by atoms with Crippen molar-refractivity contribution >= 4 is 33.0 Å². The van der Waals surface area contributed by atoms with Crippen LogP contribution in [0.15, 0.2) is 126 Å². The van der Waals surface area contributed by atoms with Crippen LogP contribution in [0.2, 0.25) is 0 Å². The molecule has 0 saturated heterocycles. The molecule has 0 spiro atoms. The summed E-state index contributed by atoms with van der Waals surface area (Å²) in [5.41, 5.74) is 6.29. The molecule has 0 fully saturated rings. The monoisotopic (exact) mass is 726 g/mol. The quantitative estimate of drug-likeness (QED) is 0.174. The number of aromatic nitrogens is 5. The summed E-state index contributed by atoms with van der Waals surface area (Å²) < 4.78 is 21.8. The van der Waals surface area contributed by atoms with E-state index >= 15 is 0 Å². The maximum absolute atomic E-state index is 13.7. The van der Waals surface area contributed by atoms with Crippen molar-refractivity contribution in [3.63, 3.8) is 0 Å². The summed E-state index contributed by atoms with van der Waals surface area (Å²) >= 11 is 0. The van der Waals surface area contributed by atoms with Gasteiger partial charge in [0.05, 0.1) is 34.8 Å². The van der Waals surface area contributed by atoms with Gasteiger partial charge in [-0.2, -0.15) is 10.2 Å². The van der Waals surface area contributed by atoms with E-state index in [1.54, 1.807) is 24.7 Å². The summed E-state index contributed by atoms with van der Waals surface area (Å²) in [4.78, 5) is 9.01. The SMILES string of the molecule is Fc1ccc2c(c1)oc1c(-c3nc4cnncc4n3-c3ccccc3)[c-]ccc12.[Ir].[c-]1ccccc1-c1ccccn1. The van der Waals surface area contributed by atoms with Gasteiger partial charge in [0.1, 0.15) is 11.4 Å². The number of rotatable bonds is 3. The number of fused-ring (bicyclic) bond motifs is 4. The number of imidazole rings is 1. The van der Waals surface area contributed by atoms with Crippen molar-refractivity contribution in [3.8, 4) is 28.3 Å². The van der Waals surface area contributed by atoms with Crippen LogP contribution in [0.5, 0.6) is 0 Å². The number of furan rings is 1. The van der Waals surface area contributed by atoms with Gasteiger partial charge in [-0.15, -0.1) is 54.1 Å². The zero-order valence-corrected chi connectivity index (χ0v) is 24.3. The molecule has 205 valence electrons. The summed E-state index contributed by atoms with van der Waals surface area (Å²) in [6.45, 7) is 0. The molecule has 8 aromatic rings. The van der Waals surface area contributed by atoms with Crippen LogP contribution in [-0.4, -0.2) is 24.7 Å². The molecule has 8 heteroatoms. The van der Waals surface area contributed by atoms with Crippen LogP contribution in [0.1, 0.15) is 0 Å². The van der Waals surface area contributed by atoms with Gasteiger partial charge in [0.2, 0.25) is 0 Å². The second-order valence-electron chi connectivity index (χ2n) is 9.20. The molecule has 0 unspecified atom stereocenters. The van der Waals surface area contributed by atoms with E-state index in [9.17, 15) is 4.39 Å². The standard InChI is InChI=1S/C23H12FN4O.C11H8N.Ir/c24-14-9-10-16-17-7-4-8-18(22(17)29-21(16)11-14)23-27-19-12-25-26-13-20(19)28(23)15-5-2-1-3-6-15;1-2-6-10(7-3-1)11-8-4-5-9-12-11;/h1-7,9-13H;1-6,8-9H;/q2*-1;. The topological polar surface area (TPSA) is 69.6 Å². The second-order valence-corrected chi connectivity index (χ2v) is 9.20. The molecule has 8 rings (SSSR count). The molecule has 0 aliphatic carbocycles.